The molecule has 1 heterocycles. The van der Waals surface area contributed by atoms with Crippen molar-refractivity contribution in [2.45, 2.75) is 111 Å². The van der Waals surface area contributed by atoms with Crippen molar-refractivity contribution in [2.24, 2.45) is 46.3 Å². The van der Waals surface area contributed by atoms with E-state index in [1.165, 1.54) is 32.1 Å². The topological polar surface area (TPSA) is 63.6 Å². The minimum atomic E-state index is -0.370. The number of esters is 1. The lowest BCUT2D eigenvalue weighted by atomic mass is 9.48. The molecule has 0 amide bonds. The lowest BCUT2D eigenvalue weighted by Gasteiger charge is -2.57. The van der Waals surface area contributed by atoms with Gasteiger partial charge in [-0.15, -0.1) is 0 Å². The van der Waals surface area contributed by atoms with E-state index in [9.17, 15) is 14.7 Å². The molecule has 1 N–H and O–H groups in total. The summed E-state index contributed by atoms with van der Waals surface area (Å²) in [5.74, 6) is 2.84. The zero-order valence-electron chi connectivity index (χ0n) is 22.5. The fourth-order valence-corrected chi connectivity index (χ4v) is 9.52. The molecule has 0 bridgehead atoms. The van der Waals surface area contributed by atoms with Gasteiger partial charge in [-0.1, -0.05) is 33.3 Å². The first-order valence-electron chi connectivity index (χ1n) is 14.0. The van der Waals surface area contributed by atoms with Crippen LogP contribution in [0.25, 0.3) is 0 Å². The van der Waals surface area contributed by atoms with E-state index in [0.29, 0.717) is 36.5 Å². The van der Waals surface area contributed by atoms with E-state index >= 15 is 0 Å². The average molecular weight is 473 g/mol. The highest BCUT2D eigenvalue weighted by Gasteiger charge is 2.64. The molecule has 4 heteroatoms. The van der Waals surface area contributed by atoms with Crippen LogP contribution in [-0.4, -0.2) is 29.1 Å². The number of carbonyl (C=O) groups excluding carboxylic acids is 2. The largest absolute Gasteiger partial charge is 0.459 e. The maximum atomic E-state index is 12.6. The van der Waals surface area contributed by atoms with Crippen LogP contribution in [0.5, 0.6) is 0 Å². The standard InChI is InChI=1S/C30H48O4/c1-19(2)15-23(32)16-20(3)24-10-13-29(6)26-8-7-25(21(4)18-31)30(14-11-27(33)34-30)17-22(26)9-12-28(24,29)5/h15,20-22,24-26,31H,7-14,16-18H2,1-6H3/t20-,21?,22-,24-,25+,26-,28-,29+,30-/m1/s1. The van der Waals surface area contributed by atoms with Gasteiger partial charge in [-0.3, -0.25) is 9.59 Å². The molecule has 4 nitrogen and oxygen atoms in total. The molecule has 4 fully saturated rings. The monoisotopic (exact) mass is 472 g/mol. The minimum absolute atomic E-state index is 0.0452. The maximum Gasteiger partial charge on any atom is 0.306 e. The third-order valence-corrected chi connectivity index (χ3v) is 11.3. The van der Waals surface area contributed by atoms with Crippen molar-refractivity contribution in [3.8, 4) is 0 Å². The predicted molar refractivity (Wildman–Crippen MR) is 135 cm³/mol. The number of hydrogen-bond donors (Lipinski definition) is 1. The summed E-state index contributed by atoms with van der Waals surface area (Å²) >= 11 is 0. The first-order valence-corrected chi connectivity index (χ1v) is 14.0. The van der Waals surface area contributed by atoms with Gasteiger partial charge in [0.15, 0.2) is 5.78 Å². The van der Waals surface area contributed by atoms with Gasteiger partial charge in [0, 0.05) is 25.4 Å². The van der Waals surface area contributed by atoms with E-state index in [1.807, 2.05) is 19.9 Å². The van der Waals surface area contributed by atoms with Crippen LogP contribution in [0.3, 0.4) is 0 Å². The second-order valence-electron chi connectivity index (χ2n) is 13.3. The Morgan fingerprint density at radius 2 is 1.74 bits per heavy atom. The number of carbonyl (C=O) groups is 2. The van der Waals surface area contributed by atoms with Crippen molar-refractivity contribution in [1.82, 2.24) is 0 Å². The molecule has 0 aromatic rings. The SMILES string of the molecule is CC(C)=CC(=O)C[C@@H](C)[C@H]1CC[C@@]2(C)[C@@H]3CC[C@@H](C(C)CO)[C@@]4(CCC(=O)O4)C[C@H]3CC[C@]12C. The first-order chi connectivity index (χ1) is 16.0. The Hall–Kier alpha value is -1.16. The van der Waals surface area contributed by atoms with Crippen LogP contribution < -0.4 is 0 Å². The summed E-state index contributed by atoms with van der Waals surface area (Å²) in [5, 5.41) is 10.0. The predicted octanol–water partition coefficient (Wildman–Crippen LogP) is 6.50. The maximum absolute atomic E-state index is 12.6. The van der Waals surface area contributed by atoms with Gasteiger partial charge < -0.3 is 9.84 Å². The zero-order chi connectivity index (χ0) is 24.9. The number of ketones is 1. The molecule has 1 aliphatic heterocycles. The van der Waals surface area contributed by atoms with Gasteiger partial charge in [0.1, 0.15) is 5.60 Å². The fraction of sp³-hybridized carbons (Fsp3) is 0.867. The molecule has 3 aliphatic carbocycles. The Bertz CT molecular complexity index is 828. The summed E-state index contributed by atoms with van der Waals surface area (Å²) in [6, 6.07) is 0. The van der Waals surface area contributed by atoms with Crippen LogP contribution in [0.2, 0.25) is 0 Å². The lowest BCUT2D eigenvalue weighted by Crippen LogP contribution is -2.51. The summed E-state index contributed by atoms with van der Waals surface area (Å²) in [6.07, 6.45) is 11.9. The summed E-state index contributed by atoms with van der Waals surface area (Å²) in [5.41, 5.74) is 1.23. The number of aliphatic hydroxyl groups is 1. The lowest BCUT2D eigenvalue weighted by molar-refractivity contribution is -0.159. The third kappa shape index (κ3) is 4.20. The number of allylic oxidation sites excluding steroid dienone is 2. The normalized spacial score (nSPS) is 43.4. The summed E-state index contributed by atoms with van der Waals surface area (Å²) < 4.78 is 6.17. The number of rotatable bonds is 6. The highest BCUT2D eigenvalue weighted by molar-refractivity contribution is 5.90. The van der Waals surface area contributed by atoms with E-state index in [4.69, 9.17) is 4.74 Å². The molecule has 0 aromatic heterocycles. The van der Waals surface area contributed by atoms with E-state index < -0.39 is 0 Å². The van der Waals surface area contributed by atoms with E-state index in [-0.39, 0.29) is 46.6 Å². The minimum Gasteiger partial charge on any atom is -0.459 e. The molecule has 192 valence electrons. The van der Waals surface area contributed by atoms with Crippen molar-refractivity contribution in [1.29, 1.82) is 0 Å². The summed E-state index contributed by atoms with van der Waals surface area (Å²) in [6.45, 7) is 13.7. The van der Waals surface area contributed by atoms with Crippen LogP contribution in [0, 0.1) is 46.3 Å². The zero-order valence-corrected chi connectivity index (χ0v) is 22.5. The Morgan fingerprint density at radius 3 is 2.35 bits per heavy atom. The molecule has 3 saturated carbocycles. The molecular formula is C30H48O4. The van der Waals surface area contributed by atoms with Gasteiger partial charge in [-0.2, -0.15) is 0 Å². The van der Waals surface area contributed by atoms with Gasteiger partial charge >= 0.3 is 5.97 Å². The van der Waals surface area contributed by atoms with E-state index in [1.54, 1.807) is 0 Å². The summed E-state index contributed by atoms with van der Waals surface area (Å²) in [4.78, 5) is 24.9. The molecule has 1 unspecified atom stereocenters. The fourth-order valence-electron chi connectivity index (χ4n) is 9.52. The van der Waals surface area contributed by atoms with Crippen LogP contribution in [-0.2, 0) is 14.3 Å². The first kappa shape index (κ1) is 25.9. The van der Waals surface area contributed by atoms with Gasteiger partial charge in [0.25, 0.3) is 0 Å². The van der Waals surface area contributed by atoms with Crippen LogP contribution in [0.1, 0.15) is 106 Å². The number of ether oxygens (including phenoxy) is 1. The molecule has 34 heavy (non-hydrogen) atoms. The summed E-state index contributed by atoms with van der Waals surface area (Å²) in [7, 11) is 0. The van der Waals surface area contributed by atoms with E-state index in [2.05, 4.69) is 27.7 Å². The molecule has 4 rings (SSSR count). The highest BCUT2D eigenvalue weighted by atomic mass is 16.6. The smallest absolute Gasteiger partial charge is 0.306 e. The second kappa shape index (κ2) is 9.37. The highest BCUT2D eigenvalue weighted by Crippen LogP contribution is 2.70. The average Bonchev–Trinajstić information content (AvgIpc) is 3.19. The molecule has 1 spiro atoms. The van der Waals surface area contributed by atoms with Crippen molar-refractivity contribution in [3.63, 3.8) is 0 Å². The second-order valence-corrected chi connectivity index (χ2v) is 13.3. The molecule has 0 aromatic carbocycles. The van der Waals surface area contributed by atoms with Crippen LogP contribution >= 0.6 is 0 Å². The third-order valence-electron chi connectivity index (χ3n) is 11.3. The van der Waals surface area contributed by atoms with Crippen molar-refractivity contribution >= 4 is 11.8 Å². The number of fused-ring (bicyclic) bond motifs is 3. The van der Waals surface area contributed by atoms with Crippen molar-refractivity contribution in [3.05, 3.63) is 11.6 Å². The van der Waals surface area contributed by atoms with Gasteiger partial charge in [-0.25, -0.2) is 0 Å². The number of aliphatic hydroxyl groups excluding tert-OH is 1. The molecular weight excluding hydrogens is 424 g/mol. The van der Waals surface area contributed by atoms with E-state index in [0.717, 1.165) is 24.8 Å². The van der Waals surface area contributed by atoms with Gasteiger partial charge in [0.2, 0.25) is 0 Å². The quantitative estimate of drug-likeness (QED) is 0.354. The van der Waals surface area contributed by atoms with Crippen molar-refractivity contribution < 1.29 is 19.4 Å². The molecule has 0 radical (unpaired) electrons. The molecule has 1 saturated heterocycles. The Labute approximate surface area is 207 Å². The van der Waals surface area contributed by atoms with Crippen LogP contribution in [0.4, 0.5) is 0 Å². The van der Waals surface area contributed by atoms with Crippen molar-refractivity contribution in [2.75, 3.05) is 6.61 Å². The van der Waals surface area contributed by atoms with Gasteiger partial charge in [-0.05, 0) is 112 Å². The number of hydrogen-bond acceptors (Lipinski definition) is 4. The molecule has 9 atom stereocenters. The van der Waals surface area contributed by atoms with Crippen LogP contribution in [0.15, 0.2) is 11.6 Å². The Kier molecular flexibility index (Phi) is 7.15. The van der Waals surface area contributed by atoms with Gasteiger partial charge in [0.05, 0.1) is 0 Å². The Balaban J connectivity index is 1.59. The molecule has 4 aliphatic rings. The Morgan fingerprint density at radius 1 is 1.03 bits per heavy atom.